The van der Waals surface area contributed by atoms with Crippen LogP contribution in [-0.2, 0) is 9.84 Å². The number of hydrogen-bond donors (Lipinski definition) is 1. The fraction of sp³-hybridized carbons (Fsp3) is 1.00. The highest BCUT2D eigenvalue weighted by molar-refractivity contribution is 7.91. The molecule has 106 valence electrons. The molecule has 0 aromatic heterocycles. The summed E-state index contributed by atoms with van der Waals surface area (Å²) in [6, 6.07) is -0.164. The van der Waals surface area contributed by atoms with Gasteiger partial charge in [0.15, 0.2) is 9.84 Å². The summed E-state index contributed by atoms with van der Waals surface area (Å²) in [4.78, 5) is 4.72. The third-order valence-electron chi connectivity index (χ3n) is 3.86. The molecule has 0 aromatic rings. The fourth-order valence-electron chi connectivity index (χ4n) is 3.03. The van der Waals surface area contributed by atoms with Crippen LogP contribution in [0.2, 0.25) is 0 Å². The first-order chi connectivity index (χ1) is 8.37. The van der Waals surface area contributed by atoms with Crippen LogP contribution in [0.25, 0.3) is 0 Å². The molecule has 2 saturated heterocycles. The lowest BCUT2D eigenvalue weighted by Crippen LogP contribution is -2.55. The van der Waals surface area contributed by atoms with Gasteiger partial charge in [-0.2, -0.15) is 0 Å². The van der Waals surface area contributed by atoms with E-state index in [2.05, 4.69) is 23.6 Å². The van der Waals surface area contributed by atoms with Gasteiger partial charge in [-0.1, -0.05) is 13.8 Å². The summed E-state index contributed by atoms with van der Waals surface area (Å²) in [6.07, 6.45) is 0. The van der Waals surface area contributed by atoms with Crippen molar-refractivity contribution in [2.75, 3.05) is 44.2 Å². The summed E-state index contributed by atoms with van der Waals surface area (Å²) >= 11 is 0. The first-order valence-corrected chi connectivity index (χ1v) is 8.62. The van der Waals surface area contributed by atoms with Crippen molar-refractivity contribution in [3.05, 3.63) is 0 Å². The molecular formula is C12H25N3O2S. The average Bonchev–Trinajstić information content (AvgIpc) is 2.52. The van der Waals surface area contributed by atoms with E-state index in [0.29, 0.717) is 5.92 Å². The zero-order valence-electron chi connectivity index (χ0n) is 11.4. The molecule has 6 heteroatoms. The number of sulfone groups is 1. The van der Waals surface area contributed by atoms with E-state index in [1.165, 1.54) is 0 Å². The Kier molecular flexibility index (Phi) is 4.31. The minimum absolute atomic E-state index is 0.0381. The zero-order valence-corrected chi connectivity index (χ0v) is 12.2. The molecule has 2 aliphatic rings. The molecule has 2 N–H and O–H groups in total. The SMILES string of the molecule is CC(C)CN1CCN(C2CS(=O)(=O)CC2N)CC1. The summed E-state index contributed by atoms with van der Waals surface area (Å²) < 4.78 is 23.2. The third kappa shape index (κ3) is 3.44. The monoisotopic (exact) mass is 275 g/mol. The lowest BCUT2D eigenvalue weighted by molar-refractivity contribution is 0.0916. The molecule has 18 heavy (non-hydrogen) atoms. The van der Waals surface area contributed by atoms with E-state index < -0.39 is 9.84 Å². The molecule has 0 amide bonds. The van der Waals surface area contributed by atoms with Crippen molar-refractivity contribution in [1.29, 1.82) is 0 Å². The van der Waals surface area contributed by atoms with E-state index in [1.54, 1.807) is 0 Å². The molecule has 2 aliphatic heterocycles. The van der Waals surface area contributed by atoms with Gasteiger partial charge in [-0.25, -0.2) is 8.42 Å². The average molecular weight is 275 g/mol. The minimum atomic E-state index is -2.91. The van der Waals surface area contributed by atoms with Gasteiger partial charge in [0.25, 0.3) is 0 Å². The molecule has 2 unspecified atom stereocenters. The first kappa shape index (κ1) is 14.2. The molecule has 2 fully saturated rings. The predicted molar refractivity (Wildman–Crippen MR) is 73.3 cm³/mol. The Labute approximate surface area is 110 Å². The van der Waals surface area contributed by atoms with E-state index >= 15 is 0 Å². The second-order valence-electron chi connectivity index (χ2n) is 6.04. The fourth-order valence-corrected chi connectivity index (χ4v) is 4.95. The normalized spacial score (nSPS) is 34.2. The minimum Gasteiger partial charge on any atom is -0.325 e. The van der Waals surface area contributed by atoms with Crippen molar-refractivity contribution in [2.45, 2.75) is 25.9 Å². The Morgan fingerprint density at radius 3 is 2.22 bits per heavy atom. The Hall–Kier alpha value is -0.170. The van der Waals surface area contributed by atoms with Gasteiger partial charge in [0, 0.05) is 44.8 Å². The maximum atomic E-state index is 11.6. The van der Waals surface area contributed by atoms with Crippen molar-refractivity contribution >= 4 is 9.84 Å². The van der Waals surface area contributed by atoms with Gasteiger partial charge in [0.2, 0.25) is 0 Å². The van der Waals surface area contributed by atoms with Gasteiger partial charge in [-0.05, 0) is 5.92 Å². The van der Waals surface area contributed by atoms with Gasteiger partial charge >= 0.3 is 0 Å². The van der Waals surface area contributed by atoms with Gasteiger partial charge < -0.3 is 10.6 Å². The molecule has 0 spiro atoms. The van der Waals surface area contributed by atoms with Crippen molar-refractivity contribution in [2.24, 2.45) is 11.7 Å². The van der Waals surface area contributed by atoms with Gasteiger partial charge in [-0.3, -0.25) is 4.90 Å². The molecule has 0 saturated carbocycles. The highest BCUT2D eigenvalue weighted by Gasteiger charge is 2.39. The Balaban J connectivity index is 1.87. The molecule has 5 nitrogen and oxygen atoms in total. The van der Waals surface area contributed by atoms with Crippen LogP contribution >= 0.6 is 0 Å². The Morgan fingerprint density at radius 1 is 1.17 bits per heavy atom. The van der Waals surface area contributed by atoms with Crippen molar-refractivity contribution in [3.63, 3.8) is 0 Å². The summed E-state index contributed by atoms with van der Waals surface area (Å²) in [5.41, 5.74) is 5.97. The molecule has 0 aliphatic carbocycles. The second kappa shape index (κ2) is 5.45. The molecule has 0 radical (unpaired) electrons. The van der Waals surface area contributed by atoms with Gasteiger partial charge in [-0.15, -0.1) is 0 Å². The van der Waals surface area contributed by atoms with E-state index in [-0.39, 0.29) is 23.6 Å². The van der Waals surface area contributed by atoms with Crippen molar-refractivity contribution < 1.29 is 8.42 Å². The lowest BCUT2D eigenvalue weighted by Gasteiger charge is -2.39. The van der Waals surface area contributed by atoms with Gasteiger partial charge in [0.1, 0.15) is 0 Å². The molecule has 0 bridgehead atoms. The van der Waals surface area contributed by atoms with Crippen LogP contribution in [0.3, 0.4) is 0 Å². The van der Waals surface area contributed by atoms with Crippen LogP contribution < -0.4 is 5.73 Å². The van der Waals surface area contributed by atoms with Crippen molar-refractivity contribution in [1.82, 2.24) is 9.80 Å². The first-order valence-electron chi connectivity index (χ1n) is 6.80. The smallest absolute Gasteiger partial charge is 0.153 e. The number of rotatable bonds is 3. The highest BCUT2D eigenvalue weighted by atomic mass is 32.2. The van der Waals surface area contributed by atoms with E-state index in [0.717, 1.165) is 32.7 Å². The summed E-state index contributed by atoms with van der Waals surface area (Å²) in [7, 11) is -2.91. The predicted octanol–water partition coefficient (Wildman–Crippen LogP) is -0.616. The maximum Gasteiger partial charge on any atom is 0.153 e. The van der Waals surface area contributed by atoms with Crippen LogP contribution in [0.4, 0.5) is 0 Å². The van der Waals surface area contributed by atoms with Crippen LogP contribution in [0.15, 0.2) is 0 Å². The number of piperazine rings is 1. The molecule has 2 rings (SSSR count). The van der Waals surface area contributed by atoms with Crippen LogP contribution in [-0.4, -0.2) is 74.5 Å². The highest BCUT2D eigenvalue weighted by Crippen LogP contribution is 2.19. The van der Waals surface area contributed by atoms with E-state index in [4.69, 9.17) is 5.73 Å². The Morgan fingerprint density at radius 2 is 1.78 bits per heavy atom. The van der Waals surface area contributed by atoms with E-state index in [9.17, 15) is 8.42 Å². The second-order valence-corrected chi connectivity index (χ2v) is 8.19. The topological polar surface area (TPSA) is 66.6 Å². The van der Waals surface area contributed by atoms with Crippen molar-refractivity contribution in [3.8, 4) is 0 Å². The largest absolute Gasteiger partial charge is 0.325 e. The molecular weight excluding hydrogens is 250 g/mol. The summed E-state index contributed by atoms with van der Waals surface area (Å²) in [5, 5.41) is 0. The standard InChI is InChI=1S/C12H25N3O2S/c1-10(2)7-14-3-5-15(6-4-14)12-9-18(16,17)8-11(12)13/h10-12H,3-9,13H2,1-2H3. The van der Waals surface area contributed by atoms with Gasteiger partial charge in [0.05, 0.1) is 11.5 Å². The molecule has 2 atom stereocenters. The lowest BCUT2D eigenvalue weighted by atomic mass is 10.1. The molecule has 2 heterocycles. The van der Waals surface area contributed by atoms with Crippen LogP contribution in [0, 0.1) is 5.92 Å². The van der Waals surface area contributed by atoms with E-state index in [1.807, 2.05) is 0 Å². The summed E-state index contributed by atoms with van der Waals surface area (Å²) in [6.45, 7) is 9.53. The number of nitrogens with two attached hydrogens (primary N) is 1. The van der Waals surface area contributed by atoms with Crippen LogP contribution in [0.1, 0.15) is 13.8 Å². The maximum absolute atomic E-state index is 11.6. The number of nitrogens with zero attached hydrogens (tertiary/aromatic N) is 2. The zero-order chi connectivity index (χ0) is 13.3. The Bertz CT molecular complexity index is 375. The quantitative estimate of drug-likeness (QED) is 0.744. The summed E-state index contributed by atoms with van der Waals surface area (Å²) in [5.74, 6) is 1.09. The third-order valence-corrected chi connectivity index (χ3v) is 5.61. The number of hydrogen-bond acceptors (Lipinski definition) is 5. The van der Waals surface area contributed by atoms with Crippen LogP contribution in [0.5, 0.6) is 0 Å². The molecule has 0 aromatic carbocycles.